The normalized spacial score (nSPS) is 11.7. The van der Waals surface area contributed by atoms with Crippen molar-refractivity contribution in [3.8, 4) is 0 Å². The number of halogens is 1. The van der Waals surface area contributed by atoms with E-state index in [1.807, 2.05) is 13.8 Å². The van der Waals surface area contributed by atoms with E-state index in [1.54, 1.807) is 12.1 Å². The van der Waals surface area contributed by atoms with Crippen molar-refractivity contribution in [2.24, 2.45) is 5.92 Å². The first-order chi connectivity index (χ1) is 14.2. The van der Waals surface area contributed by atoms with E-state index in [0.717, 1.165) is 5.56 Å². The molecule has 2 N–H and O–H groups in total. The van der Waals surface area contributed by atoms with E-state index in [2.05, 4.69) is 20.1 Å². The van der Waals surface area contributed by atoms with Crippen molar-refractivity contribution in [2.75, 3.05) is 26.1 Å². The molecular weight excluding hydrogens is 391 g/mol. The highest BCUT2D eigenvalue weighted by Crippen LogP contribution is 2.22. The van der Waals surface area contributed by atoms with Gasteiger partial charge in [0.05, 0.1) is 31.9 Å². The average molecular weight is 416 g/mol. The van der Waals surface area contributed by atoms with Crippen LogP contribution in [0.2, 0.25) is 0 Å². The lowest BCUT2D eigenvalue weighted by molar-refractivity contribution is -0.115. The van der Waals surface area contributed by atoms with Crippen LogP contribution in [0.5, 0.6) is 0 Å². The largest absolute Gasteiger partial charge is 0.465 e. The van der Waals surface area contributed by atoms with Gasteiger partial charge >= 0.3 is 11.9 Å². The molecule has 0 fully saturated rings. The van der Waals surface area contributed by atoms with Crippen LogP contribution in [0.25, 0.3) is 0 Å². The molecule has 0 saturated carbocycles. The fraction of sp³-hybridized carbons (Fsp3) is 0.318. The smallest absolute Gasteiger partial charge is 0.337 e. The highest BCUT2D eigenvalue weighted by Gasteiger charge is 2.18. The molecule has 0 bridgehead atoms. The van der Waals surface area contributed by atoms with Crippen molar-refractivity contribution in [2.45, 2.75) is 19.9 Å². The Labute approximate surface area is 174 Å². The molecule has 0 aliphatic heterocycles. The maximum atomic E-state index is 13.2. The van der Waals surface area contributed by atoms with Gasteiger partial charge in [0.25, 0.3) is 0 Å². The van der Waals surface area contributed by atoms with Crippen LogP contribution in [0, 0.1) is 11.7 Å². The number of carbonyl (C=O) groups excluding carboxylic acids is 3. The highest BCUT2D eigenvalue weighted by atomic mass is 19.1. The first-order valence-electron chi connectivity index (χ1n) is 9.35. The van der Waals surface area contributed by atoms with Crippen LogP contribution in [0.15, 0.2) is 42.5 Å². The average Bonchev–Trinajstić information content (AvgIpc) is 2.73. The number of hydrogen-bond donors (Lipinski definition) is 2. The van der Waals surface area contributed by atoms with E-state index in [9.17, 15) is 18.8 Å². The van der Waals surface area contributed by atoms with E-state index in [4.69, 9.17) is 0 Å². The van der Waals surface area contributed by atoms with E-state index in [-0.39, 0.29) is 47.0 Å². The maximum Gasteiger partial charge on any atom is 0.337 e. The Kier molecular flexibility index (Phi) is 8.06. The number of benzene rings is 2. The van der Waals surface area contributed by atoms with Crippen molar-refractivity contribution >= 4 is 23.5 Å². The Morgan fingerprint density at radius 3 is 1.93 bits per heavy atom. The fourth-order valence-corrected chi connectivity index (χ4v) is 2.99. The van der Waals surface area contributed by atoms with Gasteiger partial charge in [0.15, 0.2) is 0 Å². The summed E-state index contributed by atoms with van der Waals surface area (Å²) in [7, 11) is 2.44. The van der Waals surface area contributed by atoms with Crippen LogP contribution in [0.3, 0.4) is 0 Å². The summed E-state index contributed by atoms with van der Waals surface area (Å²) in [5.74, 6) is -1.85. The molecule has 0 radical (unpaired) electrons. The summed E-state index contributed by atoms with van der Waals surface area (Å²) < 4.78 is 22.6. The molecule has 2 aromatic rings. The summed E-state index contributed by atoms with van der Waals surface area (Å²) in [5, 5.41) is 5.81. The number of ether oxygens (including phenoxy) is 2. The van der Waals surface area contributed by atoms with Gasteiger partial charge in [-0.2, -0.15) is 0 Å². The lowest BCUT2D eigenvalue weighted by Gasteiger charge is -2.23. The summed E-state index contributed by atoms with van der Waals surface area (Å²) in [6, 6.07) is 10.1. The van der Waals surface area contributed by atoms with Crippen LogP contribution in [-0.2, 0) is 14.3 Å². The lowest BCUT2D eigenvalue weighted by atomic mass is 9.96. The molecule has 1 amide bonds. The van der Waals surface area contributed by atoms with Gasteiger partial charge in [0, 0.05) is 11.7 Å². The summed E-state index contributed by atoms with van der Waals surface area (Å²) in [4.78, 5) is 36.2. The van der Waals surface area contributed by atoms with Crippen molar-refractivity contribution in [3.63, 3.8) is 0 Å². The van der Waals surface area contributed by atoms with Gasteiger partial charge in [-0.15, -0.1) is 0 Å². The molecule has 0 spiro atoms. The van der Waals surface area contributed by atoms with Gasteiger partial charge in [0.1, 0.15) is 5.82 Å². The summed E-state index contributed by atoms with van der Waals surface area (Å²) in [6.45, 7) is 3.94. The van der Waals surface area contributed by atoms with Crippen molar-refractivity contribution in [3.05, 3.63) is 65.0 Å². The number of methoxy groups -OCH3 is 2. The van der Waals surface area contributed by atoms with Crippen molar-refractivity contribution in [1.82, 2.24) is 5.32 Å². The van der Waals surface area contributed by atoms with Crippen LogP contribution >= 0.6 is 0 Å². The Morgan fingerprint density at radius 2 is 1.47 bits per heavy atom. The Balaban J connectivity index is 2.13. The minimum absolute atomic E-state index is 0.0315. The molecule has 0 saturated heterocycles. The standard InChI is InChI=1S/C22H25FN2O5/c1-13(2)20(14-5-7-17(23)8-6-14)24-12-19(26)25-18-10-15(21(27)29-3)9-16(11-18)22(28)30-4/h5-11,13,20,24H,12H2,1-4H3,(H,25,26)/t20-/m1/s1. The maximum absolute atomic E-state index is 13.2. The molecule has 0 heterocycles. The van der Waals surface area contributed by atoms with E-state index in [1.165, 1.54) is 44.6 Å². The van der Waals surface area contributed by atoms with Crippen molar-refractivity contribution < 1.29 is 28.2 Å². The molecule has 8 heteroatoms. The topological polar surface area (TPSA) is 93.7 Å². The monoisotopic (exact) mass is 416 g/mol. The molecule has 160 valence electrons. The Morgan fingerprint density at radius 1 is 0.933 bits per heavy atom. The predicted octanol–water partition coefficient (Wildman–Crippen LogP) is 3.32. The molecule has 0 unspecified atom stereocenters. The third-order valence-corrected chi connectivity index (χ3v) is 4.44. The zero-order valence-electron chi connectivity index (χ0n) is 17.3. The molecule has 1 atom stereocenters. The Hall–Kier alpha value is -3.26. The molecule has 0 aliphatic carbocycles. The van der Waals surface area contributed by atoms with Gasteiger partial charge in [-0.25, -0.2) is 14.0 Å². The number of rotatable bonds is 8. The molecule has 7 nitrogen and oxygen atoms in total. The number of esters is 2. The third-order valence-electron chi connectivity index (χ3n) is 4.44. The summed E-state index contributed by atoms with van der Waals surface area (Å²) in [5.41, 5.74) is 1.33. The fourth-order valence-electron chi connectivity index (χ4n) is 2.99. The van der Waals surface area contributed by atoms with Gasteiger partial charge in [-0.1, -0.05) is 26.0 Å². The van der Waals surface area contributed by atoms with Gasteiger partial charge in [-0.3, -0.25) is 4.79 Å². The van der Waals surface area contributed by atoms with E-state index < -0.39 is 11.9 Å². The zero-order chi connectivity index (χ0) is 22.3. The second-order valence-electron chi connectivity index (χ2n) is 6.98. The van der Waals surface area contributed by atoms with Crippen LogP contribution < -0.4 is 10.6 Å². The number of nitrogens with one attached hydrogen (secondary N) is 2. The molecule has 30 heavy (non-hydrogen) atoms. The molecule has 0 aliphatic rings. The quantitative estimate of drug-likeness (QED) is 0.641. The van der Waals surface area contributed by atoms with Crippen molar-refractivity contribution in [1.29, 1.82) is 0 Å². The second-order valence-corrected chi connectivity index (χ2v) is 6.98. The lowest BCUT2D eigenvalue weighted by Crippen LogP contribution is -2.33. The summed E-state index contributed by atoms with van der Waals surface area (Å²) in [6.07, 6.45) is 0. The highest BCUT2D eigenvalue weighted by molar-refractivity contribution is 5.99. The first kappa shape index (κ1) is 23.0. The third kappa shape index (κ3) is 6.12. The number of carbonyl (C=O) groups is 3. The summed E-state index contributed by atoms with van der Waals surface area (Å²) >= 11 is 0. The zero-order valence-corrected chi connectivity index (χ0v) is 17.3. The molecule has 2 rings (SSSR count). The predicted molar refractivity (Wildman–Crippen MR) is 110 cm³/mol. The second kappa shape index (κ2) is 10.5. The van der Waals surface area contributed by atoms with E-state index in [0.29, 0.717) is 0 Å². The first-order valence-corrected chi connectivity index (χ1v) is 9.35. The minimum Gasteiger partial charge on any atom is -0.465 e. The number of anilines is 1. The number of amides is 1. The number of hydrogen-bond acceptors (Lipinski definition) is 6. The molecule has 2 aromatic carbocycles. The van der Waals surface area contributed by atoms with Crippen LogP contribution in [0.4, 0.5) is 10.1 Å². The van der Waals surface area contributed by atoms with Gasteiger partial charge in [0.2, 0.25) is 5.91 Å². The SMILES string of the molecule is COC(=O)c1cc(NC(=O)CN[C@@H](c2ccc(F)cc2)C(C)C)cc(C(=O)OC)c1. The van der Waals surface area contributed by atoms with Crippen LogP contribution in [0.1, 0.15) is 46.2 Å². The van der Waals surface area contributed by atoms with Gasteiger partial charge < -0.3 is 20.1 Å². The Bertz CT molecular complexity index is 878. The van der Waals surface area contributed by atoms with E-state index >= 15 is 0 Å². The van der Waals surface area contributed by atoms with Gasteiger partial charge in [-0.05, 0) is 41.8 Å². The van der Waals surface area contributed by atoms with Crippen LogP contribution in [-0.4, -0.2) is 38.6 Å². The minimum atomic E-state index is -0.648. The molecule has 0 aromatic heterocycles. The molecular formula is C22H25FN2O5.